The van der Waals surface area contributed by atoms with Gasteiger partial charge in [-0.1, -0.05) is 30.3 Å². The molecule has 0 radical (unpaired) electrons. The fraction of sp³-hybridized carbons (Fsp3) is 0.444. The number of aryl methyl sites for hydroxylation is 2. The molecule has 3 amide bonds. The van der Waals surface area contributed by atoms with E-state index in [9.17, 15) is 9.59 Å². The fourth-order valence-corrected chi connectivity index (χ4v) is 5.78. The first-order valence-corrected chi connectivity index (χ1v) is 12.6. The zero-order valence-corrected chi connectivity index (χ0v) is 22.1. The fourth-order valence-electron chi connectivity index (χ4n) is 5.78. The molecule has 10 nitrogen and oxygen atoms in total. The third-order valence-electron chi connectivity index (χ3n) is 8.04. The molecule has 1 aliphatic heterocycles. The number of anilines is 2. The van der Waals surface area contributed by atoms with Crippen molar-refractivity contribution >= 4 is 23.6 Å². The highest BCUT2D eigenvalue weighted by Crippen LogP contribution is 2.46. The van der Waals surface area contributed by atoms with Gasteiger partial charge in [-0.3, -0.25) is 24.2 Å². The van der Waals surface area contributed by atoms with E-state index in [4.69, 9.17) is 0 Å². The van der Waals surface area contributed by atoms with E-state index < -0.39 is 0 Å². The third kappa shape index (κ3) is 4.35. The van der Waals surface area contributed by atoms with Crippen LogP contribution in [0.1, 0.15) is 47.4 Å². The van der Waals surface area contributed by atoms with Crippen molar-refractivity contribution in [3.8, 4) is 0 Å². The molecule has 1 spiro atoms. The standard InChI is InChI=1S/C27H34N8O2/c1-19-15-22(34(5)31-19)23(36)33(4)24-28-16-21(17-29-24)35-18-26(30-25(35)37)11-13-27(14-12-26,32(2)3)20-9-7-6-8-10-20/h6-10,15-17H,11-14,18H2,1-5H3,(H,30,37). The number of aromatic nitrogens is 4. The molecule has 1 saturated carbocycles. The van der Waals surface area contributed by atoms with Crippen LogP contribution in [-0.2, 0) is 12.6 Å². The van der Waals surface area contributed by atoms with Crippen LogP contribution in [0, 0.1) is 6.92 Å². The largest absolute Gasteiger partial charge is 0.330 e. The Kier molecular flexibility index (Phi) is 6.23. The minimum Gasteiger partial charge on any atom is -0.330 e. The molecule has 5 rings (SSSR count). The highest BCUT2D eigenvalue weighted by Gasteiger charge is 2.50. The minimum atomic E-state index is -0.284. The van der Waals surface area contributed by atoms with Crippen molar-refractivity contribution in [3.63, 3.8) is 0 Å². The first-order chi connectivity index (χ1) is 17.6. The number of rotatable bonds is 5. The molecule has 37 heavy (non-hydrogen) atoms. The van der Waals surface area contributed by atoms with Crippen LogP contribution >= 0.6 is 0 Å². The molecule has 3 heterocycles. The van der Waals surface area contributed by atoms with Gasteiger partial charge in [0.15, 0.2) is 0 Å². The van der Waals surface area contributed by atoms with E-state index >= 15 is 0 Å². The Hall–Kier alpha value is -3.79. The third-order valence-corrected chi connectivity index (χ3v) is 8.04. The summed E-state index contributed by atoms with van der Waals surface area (Å²) < 4.78 is 1.55. The second-order valence-electron chi connectivity index (χ2n) is 10.5. The van der Waals surface area contributed by atoms with Crippen molar-refractivity contribution in [1.29, 1.82) is 0 Å². The van der Waals surface area contributed by atoms with E-state index in [0.29, 0.717) is 17.9 Å². The van der Waals surface area contributed by atoms with Gasteiger partial charge in [0, 0.05) is 19.6 Å². The van der Waals surface area contributed by atoms with Gasteiger partial charge in [-0.05, 0) is 58.3 Å². The Morgan fingerprint density at radius 1 is 1.03 bits per heavy atom. The van der Waals surface area contributed by atoms with Gasteiger partial charge in [0.05, 0.1) is 35.9 Å². The molecule has 1 saturated heterocycles. The Morgan fingerprint density at radius 2 is 1.68 bits per heavy atom. The first kappa shape index (κ1) is 24.9. The number of amides is 3. The van der Waals surface area contributed by atoms with Crippen LogP contribution in [0.3, 0.4) is 0 Å². The summed E-state index contributed by atoms with van der Waals surface area (Å²) in [6.45, 7) is 2.40. The van der Waals surface area contributed by atoms with Crippen molar-refractivity contribution < 1.29 is 9.59 Å². The second kappa shape index (κ2) is 9.26. The minimum absolute atomic E-state index is 0.0427. The van der Waals surface area contributed by atoms with Crippen molar-refractivity contribution in [2.45, 2.75) is 43.7 Å². The Balaban J connectivity index is 1.29. The zero-order valence-electron chi connectivity index (χ0n) is 22.1. The topological polar surface area (TPSA) is 99.5 Å². The van der Waals surface area contributed by atoms with E-state index in [-0.39, 0.29) is 29.0 Å². The van der Waals surface area contributed by atoms with Crippen LogP contribution in [0.15, 0.2) is 48.8 Å². The molecule has 2 aliphatic rings. The van der Waals surface area contributed by atoms with E-state index in [1.807, 2.05) is 13.0 Å². The van der Waals surface area contributed by atoms with Crippen molar-refractivity contribution in [2.24, 2.45) is 7.05 Å². The Bertz CT molecular complexity index is 1290. The molecule has 2 aromatic heterocycles. The lowest BCUT2D eigenvalue weighted by Crippen LogP contribution is -2.54. The van der Waals surface area contributed by atoms with Gasteiger partial charge in [-0.25, -0.2) is 14.8 Å². The first-order valence-electron chi connectivity index (χ1n) is 12.6. The predicted molar refractivity (Wildman–Crippen MR) is 142 cm³/mol. The van der Waals surface area contributed by atoms with Gasteiger partial charge in [0.25, 0.3) is 5.91 Å². The van der Waals surface area contributed by atoms with Crippen molar-refractivity contribution in [3.05, 3.63) is 65.7 Å². The second-order valence-corrected chi connectivity index (χ2v) is 10.5. The molecular weight excluding hydrogens is 468 g/mol. The van der Waals surface area contributed by atoms with Crippen LogP contribution in [0.2, 0.25) is 0 Å². The normalized spacial score (nSPS) is 23.5. The molecule has 1 aromatic carbocycles. The number of carbonyl (C=O) groups is 2. The maximum absolute atomic E-state index is 13.0. The van der Waals surface area contributed by atoms with Gasteiger partial charge in [-0.2, -0.15) is 5.10 Å². The van der Waals surface area contributed by atoms with E-state index in [1.165, 1.54) is 10.5 Å². The monoisotopic (exact) mass is 502 g/mol. The van der Waals surface area contributed by atoms with Crippen LogP contribution in [-0.4, -0.2) is 69.8 Å². The smallest absolute Gasteiger partial charge is 0.322 e. The van der Waals surface area contributed by atoms with Crippen LogP contribution in [0.4, 0.5) is 16.4 Å². The lowest BCUT2D eigenvalue weighted by atomic mass is 9.69. The van der Waals surface area contributed by atoms with Gasteiger partial charge < -0.3 is 5.32 Å². The SMILES string of the molecule is Cc1cc(C(=O)N(C)c2ncc(N3CC4(CCC(c5ccccc5)(N(C)C)CC4)NC3=O)cn2)n(C)n1. The van der Waals surface area contributed by atoms with Gasteiger partial charge in [-0.15, -0.1) is 0 Å². The number of hydrogen-bond donors (Lipinski definition) is 1. The van der Waals surface area contributed by atoms with Crippen molar-refractivity contribution in [2.75, 3.05) is 37.5 Å². The summed E-state index contributed by atoms with van der Waals surface area (Å²) >= 11 is 0. The average Bonchev–Trinajstić information content (AvgIpc) is 3.41. The average molecular weight is 503 g/mol. The Morgan fingerprint density at radius 3 is 2.24 bits per heavy atom. The summed E-state index contributed by atoms with van der Waals surface area (Å²) in [6.07, 6.45) is 6.87. The number of nitrogens with one attached hydrogen (secondary N) is 1. The van der Waals surface area contributed by atoms with Gasteiger partial charge in [0.2, 0.25) is 5.95 Å². The molecular formula is C27H34N8O2. The number of hydrogen-bond acceptors (Lipinski definition) is 6. The summed E-state index contributed by atoms with van der Waals surface area (Å²) in [6, 6.07) is 12.2. The van der Waals surface area contributed by atoms with Crippen LogP contribution in [0.5, 0.6) is 0 Å². The van der Waals surface area contributed by atoms with Gasteiger partial charge in [0.1, 0.15) is 5.69 Å². The molecule has 10 heteroatoms. The van der Waals surface area contributed by atoms with E-state index in [1.54, 1.807) is 42.1 Å². The molecule has 2 fully saturated rings. The summed E-state index contributed by atoms with van der Waals surface area (Å²) in [5.41, 5.74) is 2.82. The molecule has 194 valence electrons. The molecule has 0 bridgehead atoms. The maximum Gasteiger partial charge on any atom is 0.322 e. The van der Waals surface area contributed by atoms with Gasteiger partial charge >= 0.3 is 6.03 Å². The quantitative estimate of drug-likeness (QED) is 0.576. The highest BCUT2D eigenvalue weighted by atomic mass is 16.2. The maximum atomic E-state index is 13.0. The number of carbonyl (C=O) groups excluding carboxylic acids is 2. The number of nitrogens with zero attached hydrogens (tertiary/aromatic N) is 7. The summed E-state index contributed by atoms with van der Waals surface area (Å²) in [4.78, 5) is 40.1. The lowest BCUT2D eigenvalue weighted by molar-refractivity contribution is 0.0658. The lowest BCUT2D eigenvalue weighted by Gasteiger charge is -2.48. The highest BCUT2D eigenvalue weighted by molar-refractivity contribution is 6.03. The number of benzene rings is 1. The summed E-state index contributed by atoms with van der Waals surface area (Å²) in [5, 5.41) is 7.50. The molecule has 1 aliphatic carbocycles. The number of urea groups is 1. The predicted octanol–water partition coefficient (Wildman–Crippen LogP) is 3.09. The molecule has 0 atom stereocenters. The molecule has 0 unspecified atom stereocenters. The van der Waals surface area contributed by atoms with Crippen LogP contribution in [0.25, 0.3) is 0 Å². The zero-order chi connectivity index (χ0) is 26.4. The summed E-state index contributed by atoms with van der Waals surface area (Å²) in [5.74, 6) is 0.0110. The Labute approximate surface area is 217 Å². The van der Waals surface area contributed by atoms with Crippen molar-refractivity contribution in [1.82, 2.24) is 30.0 Å². The van der Waals surface area contributed by atoms with E-state index in [2.05, 4.69) is 63.6 Å². The molecule has 1 N–H and O–H groups in total. The summed E-state index contributed by atoms with van der Waals surface area (Å²) in [7, 11) is 7.64. The van der Waals surface area contributed by atoms with Crippen LogP contribution < -0.4 is 15.1 Å². The van der Waals surface area contributed by atoms with E-state index in [0.717, 1.165) is 31.4 Å². The molecule has 3 aromatic rings.